The number of thioether (sulfide) groups is 1. The van der Waals surface area contributed by atoms with Gasteiger partial charge in [0.25, 0.3) is 0 Å². The molecule has 0 saturated carbocycles. The van der Waals surface area contributed by atoms with Crippen molar-refractivity contribution in [1.29, 1.82) is 0 Å². The van der Waals surface area contributed by atoms with Gasteiger partial charge in [-0.1, -0.05) is 47.6 Å². The van der Waals surface area contributed by atoms with E-state index in [0.29, 0.717) is 0 Å². The summed E-state index contributed by atoms with van der Waals surface area (Å²) in [6, 6.07) is 16.1. The van der Waals surface area contributed by atoms with Crippen molar-refractivity contribution in [3.05, 3.63) is 65.3 Å². The lowest BCUT2D eigenvalue weighted by Gasteiger charge is -2.21. The molecule has 0 saturated heterocycles. The Balaban J connectivity index is 1.76. The van der Waals surface area contributed by atoms with Crippen LogP contribution in [-0.4, -0.2) is 9.92 Å². The number of para-hydroxylation sites is 1. The number of hydrogen-bond donors (Lipinski definition) is 0. The van der Waals surface area contributed by atoms with Crippen LogP contribution in [0.15, 0.2) is 59.6 Å². The van der Waals surface area contributed by atoms with Crippen LogP contribution in [0, 0.1) is 0 Å². The molecule has 2 nitrogen and oxygen atoms in total. The summed E-state index contributed by atoms with van der Waals surface area (Å²) in [5, 5.41) is 0.730. The second kappa shape index (κ2) is 4.62. The molecule has 2 aromatic rings. The van der Waals surface area contributed by atoms with Gasteiger partial charge in [0.1, 0.15) is 0 Å². The first-order valence-electron chi connectivity index (χ1n) is 6.21. The Morgan fingerprint density at radius 3 is 2.55 bits per heavy atom. The van der Waals surface area contributed by atoms with Gasteiger partial charge in [-0.25, -0.2) is 0 Å². The molecule has 0 spiro atoms. The molecule has 2 aliphatic heterocycles. The molecule has 1 unspecified atom stereocenters. The van der Waals surface area contributed by atoms with Gasteiger partial charge in [0.2, 0.25) is 0 Å². The van der Waals surface area contributed by atoms with Crippen molar-refractivity contribution < 1.29 is 0 Å². The summed E-state index contributed by atoms with van der Waals surface area (Å²) in [6.07, 6.45) is 2.10. The molecule has 0 aromatic heterocycles. The maximum Gasteiger partial charge on any atom is 0.173 e. The minimum atomic E-state index is 0.0831. The van der Waals surface area contributed by atoms with Gasteiger partial charge in [-0.15, -0.1) is 0 Å². The Morgan fingerprint density at radius 1 is 1.00 bits per heavy atom. The summed E-state index contributed by atoms with van der Waals surface area (Å²) < 4.78 is 1.79. The fourth-order valence-corrected chi connectivity index (χ4v) is 4.13. The van der Waals surface area contributed by atoms with Crippen molar-refractivity contribution in [3.8, 4) is 0 Å². The third kappa shape index (κ3) is 1.81. The Hall–Kier alpha value is -1.29. The maximum atomic E-state index is 6.51. The molecule has 0 radical (unpaired) electrons. The molecule has 2 aromatic carbocycles. The third-order valence-corrected chi connectivity index (χ3v) is 5.42. The molecule has 2 heterocycles. The highest BCUT2D eigenvalue weighted by Gasteiger charge is 2.39. The van der Waals surface area contributed by atoms with Crippen LogP contribution in [0.4, 0.5) is 5.69 Å². The van der Waals surface area contributed by atoms with E-state index in [1.165, 1.54) is 10.6 Å². The quantitative estimate of drug-likeness (QED) is 0.682. The molecular weight excluding hydrogens is 311 g/mol. The standard InChI is InChI=1S/C15H10Cl2N2S/c16-11-7-5-10(6-8-11)13-9-18-12-3-1-2-4-14(12)20-15(18)19(13)17/h1-9,15H. The van der Waals surface area contributed by atoms with Gasteiger partial charge < -0.3 is 4.90 Å². The van der Waals surface area contributed by atoms with E-state index in [1.54, 1.807) is 16.2 Å². The second-order valence-corrected chi connectivity index (χ2v) is 6.55. The molecule has 100 valence electrons. The van der Waals surface area contributed by atoms with E-state index in [9.17, 15) is 0 Å². The molecule has 0 aliphatic carbocycles. The summed E-state index contributed by atoms with van der Waals surface area (Å²) in [5.41, 5.74) is 3.35. The van der Waals surface area contributed by atoms with Crippen molar-refractivity contribution in [3.63, 3.8) is 0 Å². The summed E-state index contributed by atoms with van der Waals surface area (Å²) in [5.74, 6) is 0. The van der Waals surface area contributed by atoms with E-state index in [-0.39, 0.29) is 5.50 Å². The molecule has 0 bridgehead atoms. The third-order valence-electron chi connectivity index (χ3n) is 3.44. The average Bonchev–Trinajstić information content (AvgIpc) is 2.98. The van der Waals surface area contributed by atoms with E-state index in [2.05, 4.69) is 35.4 Å². The number of rotatable bonds is 1. The highest BCUT2D eigenvalue weighted by molar-refractivity contribution is 8.00. The zero-order valence-corrected chi connectivity index (χ0v) is 12.7. The fourth-order valence-electron chi connectivity index (χ4n) is 2.47. The van der Waals surface area contributed by atoms with E-state index in [0.717, 1.165) is 16.3 Å². The Labute approximate surface area is 131 Å². The molecule has 0 amide bonds. The van der Waals surface area contributed by atoms with Crippen molar-refractivity contribution in [1.82, 2.24) is 4.42 Å². The van der Waals surface area contributed by atoms with E-state index in [1.807, 2.05) is 24.3 Å². The monoisotopic (exact) mass is 320 g/mol. The summed E-state index contributed by atoms with van der Waals surface area (Å²) >= 11 is 14.2. The number of anilines is 1. The molecule has 20 heavy (non-hydrogen) atoms. The lowest BCUT2D eigenvalue weighted by Crippen LogP contribution is -2.27. The average molecular weight is 321 g/mol. The number of fused-ring (bicyclic) bond motifs is 3. The smallest absolute Gasteiger partial charge is 0.173 e. The predicted molar refractivity (Wildman–Crippen MR) is 85.7 cm³/mol. The zero-order valence-electron chi connectivity index (χ0n) is 10.3. The minimum Gasteiger partial charge on any atom is -0.314 e. The molecule has 5 heteroatoms. The fraction of sp³-hybridized carbons (Fsp3) is 0.0667. The van der Waals surface area contributed by atoms with Gasteiger partial charge in [0.15, 0.2) is 5.50 Å². The number of hydrogen-bond acceptors (Lipinski definition) is 3. The van der Waals surface area contributed by atoms with Gasteiger partial charge in [-0.3, -0.25) is 4.42 Å². The van der Waals surface area contributed by atoms with Gasteiger partial charge in [0.05, 0.1) is 11.4 Å². The van der Waals surface area contributed by atoms with Crippen molar-refractivity contribution in [2.75, 3.05) is 4.90 Å². The Morgan fingerprint density at radius 2 is 1.75 bits per heavy atom. The zero-order chi connectivity index (χ0) is 13.7. The van der Waals surface area contributed by atoms with E-state index >= 15 is 0 Å². The summed E-state index contributed by atoms with van der Waals surface area (Å²) in [4.78, 5) is 3.46. The Bertz CT molecular complexity index is 699. The van der Waals surface area contributed by atoms with Crippen LogP contribution in [0.2, 0.25) is 5.02 Å². The largest absolute Gasteiger partial charge is 0.314 e. The van der Waals surface area contributed by atoms with Gasteiger partial charge >= 0.3 is 0 Å². The van der Waals surface area contributed by atoms with E-state index < -0.39 is 0 Å². The summed E-state index contributed by atoms with van der Waals surface area (Å²) in [7, 11) is 0. The van der Waals surface area contributed by atoms with Gasteiger partial charge in [-0.05, 0) is 24.3 Å². The SMILES string of the molecule is Clc1ccc(C2=CN3c4ccccc4SC3N2Cl)cc1. The van der Waals surface area contributed by atoms with Crippen LogP contribution < -0.4 is 4.90 Å². The van der Waals surface area contributed by atoms with Gasteiger partial charge in [-0.2, -0.15) is 0 Å². The highest BCUT2D eigenvalue weighted by Crippen LogP contribution is 2.50. The van der Waals surface area contributed by atoms with Crippen LogP contribution in [0.5, 0.6) is 0 Å². The van der Waals surface area contributed by atoms with Crippen LogP contribution in [-0.2, 0) is 0 Å². The number of nitrogens with zero attached hydrogens (tertiary/aromatic N) is 2. The minimum absolute atomic E-state index is 0.0831. The first-order chi connectivity index (χ1) is 9.74. The lowest BCUT2D eigenvalue weighted by atomic mass is 10.2. The van der Waals surface area contributed by atoms with Crippen molar-refractivity contribution in [2.24, 2.45) is 0 Å². The molecule has 0 fully saturated rings. The van der Waals surface area contributed by atoms with Crippen molar-refractivity contribution >= 4 is 46.5 Å². The van der Waals surface area contributed by atoms with E-state index in [4.69, 9.17) is 23.4 Å². The van der Waals surface area contributed by atoms with Gasteiger partial charge in [0, 0.05) is 33.5 Å². The van der Waals surface area contributed by atoms with Crippen LogP contribution in [0.1, 0.15) is 5.56 Å². The van der Waals surface area contributed by atoms with Crippen molar-refractivity contribution in [2.45, 2.75) is 10.4 Å². The first-order valence-corrected chi connectivity index (χ1v) is 7.80. The molecular formula is C15H10Cl2N2S. The number of benzene rings is 2. The molecule has 4 rings (SSSR count). The van der Waals surface area contributed by atoms with Crippen LogP contribution in [0.3, 0.4) is 0 Å². The highest BCUT2D eigenvalue weighted by atomic mass is 35.5. The summed E-state index contributed by atoms with van der Waals surface area (Å²) in [6.45, 7) is 0. The molecule has 0 N–H and O–H groups in total. The molecule has 2 aliphatic rings. The van der Waals surface area contributed by atoms with Crippen LogP contribution in [0.25, 0.3) is 5.70 Å². The topological polar surface area (TPSA) is 6.48 Å². The van der Waals surface area contributed by atoms with Crippen LogP contribution >= 0.6 is 35.1 Å². The number of halogens is 2. The Kier molecular flexibility index (Phi) is 2.88. The molecule has 1 atom stereocenters. The lowest BCUT2D eigenvalue weighted by molar-refractivity contribution is 0.628. The maximum absolute atomic E-state index is 6.51. The predicted octanol–water partition coefficient (Wildman–Crippen LogP) is 5.00. The first kappa shape index (κ1) is 12.5. The second-order valence-electron chi connectivity index (χ2n) is 4.65. The normalized spacial score (nSPS) is 19.9.